The quantitative estimate of drug-likeness (QED) is 0.150. The molecule has 9 nitrogen and oxygen atoms in total. The maximum atomic E-state index is 14.4. The number of nitrogens with zero attached hydrogens (tertiary/aromatic N) is 3. The van der Waals surface area contributed by atoms with Crippen LogP contribution in [0.4, 0.5) is 16.2 Å². The van der Waals surface area contributed by atoms with E-state index in [-0.39, 0.29) is 60.7 Å². The maximum Gasteiger partial charge on any atom is 0.410 e. The van der Waals surface area contributed by atoms with Crippen LogP contribution in [0.25, 0.3) is 32.7 Å². The third kappa shape index (κ3) is 5.88. The standard InChI is InChI=1S/C45H37Cl2N3O6/c46-19-26-21-49(37-17-39(51)32-13-5-7-15-34(32)43(26)37)41(53)23-48(45(55)56-25-36-30-11-3-1-9-28(30)29-10-2-4-12-31(29)36)24-42(54)50-22-27(20-47)44-35-16-8-6-14-33(35)40(52)18-38(44)50/h1-18,26-27,36,51-52H,19-25H2/t26-,27-/m1/s1. The summed E-state index contributed by atoms with van der Waals surface area (Å²) >= 11 is 12.9. The van der Waals surface area contributed by atoms with Gasteiger partial charge in [-0.25, -0.2) is 4.79 Å². The molecule has 0 saturated carbocycles. The molecule has 11 heteroatoms. The number of carbonyl (C=O) groups excluding carboxylic acids is 3. The van der Waals surface area contributed by atoms with Gasteiger partial charge in [0.2, 0.25) is 11.8 Å². The number of halogens is 2. The van der Waals surface area contributed by atoms with Crippen molar-refractivity contribution < 1.29 is 29.3 Å². The highest BCUT2D eigenvalue weighted by Crippen LogP contribution is 2.48. The summed E-state index contributed by atoms with van der Waals surface area (Å²) in [6, 6.07) is 34.0. The Balaban J connectivity index is 1.04. The van der Waals surface area contributed by atoms with E-state index in [1.165, 1.54) is 9.80 Å². The summed E-state index contributed by atoms with van der Waals surface area (Å²) in [5.74, 6) is -1.09. The summed E-state index contributed by atoms with van der Waals surface area (Å²) in [4.78, 5) is 47.2. The van der Waals surface area contributed by atoms with E-state index in [1.54, 1.807) is 12.1 Å². The van der Waals surface area contributed by atoms with Crippen molar-refractivity contribution >= 4 is 74.0 Å². The number of ether oxygens (including phenoxy) is 1. The van der Waals surface area contributed by atoms with Crippen molar-refractivity contribution in [2.24, 2.45) is 0 Å². The lowest BCUT2D eigenvalue weighted by atomic mass is 9.95. The molecule has 0 saturated heterocycles. The Labute approximate surface area is 333 Å². The molecule has 3 amide bonds. The number of fused-ring (bicyclic) bond motifs is 9. The zero-order chi connectivity index (χ0) is 38.7. The first kappa shape index (κ1) is 35.9. The molecule has 0 unspecified atom stereocenters. The average molecular weight is 787 g/mol. The first-order chi connectivity index (χ1) is 27.3. The van der Waals surface area contributed by atoms with Gasteiger partial charge in [-0.2, -0.15) is 0 Å². The Kier molecular flexibility index (Phi) is 9.22. The number of phenolic OH excluding ortho intramolecular Hbond substituents is 2. The highest BCUT2D eigenvalue weighted by molar-refractivity contribution is 6.19. The number of benzene rings is 6. The van der Waals surface area contributed by atoms with Gasteiger partial charge < -0.3 is 24.7 Å². The number of phenols is 2. The van der Waals surface area contributed by atoms with Gasteiger partial charge in [0.25, 0.3) is 0 Å². The minimum atomic E-state index is -0.821. The van der Waals surface area contributed by atoms with Gasteiger partial charge >= 0.3 is 6.09 Å². The minimum absolute atomic E-state index is 0.00674. The number of hydrogen-bond donors (Lipinski definition) is 2. The molecule has 56 heavy (non-hydrogen) atoms. The van der Waals surface area contributed by atoms with Gasteiger partial charge in [-0.1, -0.05) is 97.1 Å². The minimum Gasteiger partial charge on any atom is -0.507 e. The van der Waals surface area contributed by atoms with Crippen LogP contribution in [0.3, 0.4) is 0 Å². The summed E-state index contributed by atoms with van der Waals surface area (Å²) in [5, 5.41) is 24.9. The molecule has 9 rings (SSSR count). The van der Waals surface area contributed by atoms with Crippen LogP contribution in [-0.2, 0) is 14.3 Å². The largest absolute Gasteiger partial charge is 0.507 e. The van der Waals surface area contributed by atoms with Gasteiger partial charge in [0.05, 0.1) is 11.4 Å². The fraction of sp³-hybridized carbons (Fsp3) is 0.222. The molecular formula is C45H37Cl2N3O6. The topological polar surface area (TPSA) is 111 Å². The number of rotatable bonds is 8. The van der Waals surface area contributed by atoms with Crippen molar-refractivity contribution in [2.45, 2.75) is 17.8 Å². The van der Waals surface area contributed by atoms with Crippen LogP contribution < -0.4 is 9.80 Å². The monoisotopic (exact) mass is 785 g/mol. The second kappa shape index (κ2) is 14.4. The highest BCUT2D eigenvalue weighted by atomic mass is 35.5. The molecule has 2 heterocycles. The second-order valence-corrected chi connectivity index (χ2v) is 15.2. The SMILES string of the molecule is O=C(OCC1c2ccccc2-c2ccccc21)N(CC(=O)N1C[C@@H](CCl)c2c1cc(O)c1ccccc21)CC(=O)N1C[C@@H](CCl)c2c1cc(O)c1ccccc21. The molecule has 0 fully saturated rings. The van der Waals surface area contributed by atoms with E-state index in [9.17, 15) is 24.6 Å². The number of amides is 3. The normalized spacial score (nSPS) is 16.8. The average Bonchev–Trinajstić information content (AvgIpc) is 3.89. The summed E-state index contributed by atoms with van der Waals surface area (Å²) in [7, 11) is 0. The maximum absolute atomic E-state index is 14.4. The number of carbonyl (C=O) groups is 3. The molecule has 2 N–H and O–H groups in total. The summed E-state index contributed by atoms with van der Waals surface area (Å²) in [6.45, 7) is -0.491. The van der Waals surface area contributed by atoms with Crippen molar-refractivity contribution in [3.05, 3.63) is 131 Å². The van der Waals surface area contributed by atoms with Gasteiger partial charge in [0.1, 0.15) is 31.2 Å². The van der Waals surface area contributed by atoms with E-state index in [2.05, 4.69) is 0 Å². The molecule has 2 atom stereocenters. The predicted octanol–water partition coefficient (Wildman–Crippen LogP) is 8.69. The van der Waals surface area contributed by atoms with Crippen LogP contribution >= 0.6 is 23.2 Å². The third-order valence-electron chi connectivity index (χ3n) is 11.5. The van der Waals surface area contributed by atoms with Gasteiger partial charge in [0.15, 0.2) is 0 Å². The molecule has 2 aliphatic heterocycles. The van der Waals surface area contributed by atoms with Crippen molar-refractivity contribution in [1.29, 1.82) is 0 Å². The second-order valence-electron chi connectivity index (χ2n) is 14.6. The van der Waals surface area contributed by atoms with E-state index in [0.717, 1.165) is 49.1 Å². The van der Waals surface area contributed by atoms with Crippen LogP contribution in [0.5, 0.6) is 11.5 Å². The van der Waals surface area contributed by atoms with E-state index < -0.39 is 31.0 Å². The summed E-state index contributed by atoms with van der Waals surface area (Å²) in [6.07, 6.45) is -0.821. The fourth-order valence-corrected chi connectivity index (χ4v) is 9.45. The zero-order valence-corrected chi connectivity index (χ0v) is 31.7. The Hall–Kier alpha value is -5.77. The highest BCUT2D eigenvalue weighted by Gasteiger charge is 2.39. The lowest BCUT2D eigenvalue weighted by Crippen LogP contribution is -2.48. The summed E-state index contributed by atoms with van der Waals surface area (Å²) in [5.41, 5.74) is 6.91. The number of anilines is 2. The Morgan fingerprint density at radius 2 is 1.04 bits per heavy atom. The third-order valence-corrected chi connectivity index (χ3v) is 12.3. The van der Waals surface area contributed by atoms with Crippen molar-refractivity contribution in [1.82, 2.24) is 4.90 Å². The molecule has 6 aromatic carbocycles. The first-order valence-corrected chi connectivity index (χ1v) is 19.7. The van der Waals surface area contributed by atoms with Crippen LogP contribution in [0.15, 0.2) is 109 Å². The first-order valence-electron chi connectivity index (χ1n) is 18.6. The van der Waals surface area contributed by atoms with E-state index >= 15 is 0 Å². The van der Waals surface area contributed by atoms with Gasteiger partial charge in [0, 0.05) is 65.5 Å². The molecule has 282 valence electrons. The van der Waals surface area contributed by atoms with Crippen molar-refractivity contribution in [3.63, 3.8) is 0 Å². The molecule has 1 aliphatic carbocycles. The van der Waals surface area contributed by atoms with Gasteiger partial charge in [-0.3, -0.25) is 14.5 Å². The van der Waals surface area contributed by atoms with Crippen LogP contribution in [0.1, 0.15) is 40.0 Å². The fourth-order valence-electron chi connectivity index (χ4n) is 8.95. The molecule has 0 radical (unpaired) electrons. The summed E-state index contributed by atoms with van der Waals surface area (Å²) < 4.78 is 6.03. The number of aromatic hydroxyl groups is 2. The molecule has 0 spiro atoms. The molecule has 6 aromatic rings. The molecular weight excluding hydrogens is 749 g/mol. The molecule has 0 aromatic heterocycles. The molecule has 0 bridgehead atoms. The van der Waals surface area contributed by atoms with Crippen LogP contribution in [-0.4, -0.2) is 77.6 Å². The van der Waals surface area contributed by atoms with Crippen LogP contribution in [0, 0.1) is 0 Å². The van der Waals surface area contributed by atoms with E-state index in [1.807, 2.05) is 97.1 Å². The lowest BCUT2D eigenvalue weighted by molar-refractivity contribution is -0.122. The van der Waals surface area contributed by atoms with Crippen molar-refractivity contribution in [2.75, 3.05) is 54.3 Å². The molecule has 3 aliphatic rings. The predicted molar refractivity (Wildman–Crippen MR) is 219 cm³/mol. The Morgan fingerprint density at radius 1 is 0.625 bits per heavy atom. The van der Waals surface area contributed by atoms with Gasteiger partial charge in [-0.15, -0.1) is 23.2 Å². The number of alkyl halides is 2. The lowest BCUT2D eigenvalue weighted by Gasteiger charge is -2.27. The van der Waals surface area contributed by atoms with Gasteiger partial charge in [-0.05, 0) is 44.2 Å². The van der Waals surface area contributed by atoms with E-state index in [4.69, 9.17) is 27.9 Å². The zero-order valence-electron chi connectivity index (χ0n) is 30.2. The van der Waals surface area contributed by atoms with Crippen LogP contribution in [0.2, 0.25) is 0 Å². The smallest absolute Gasteiger partial charge is 0.410 e. The van der Waals surface area contributed by atoms with Crippen molar-refractivity contribution in [3.8, 4) is 22.6 Å². The Morgan fingerprint density at radius 3 is 1.48 bits per heavy atom. The number of hydrogen-bond acceptors (Lipinski definition) is 6. The Bertz CT molecular complexity index is 2410. The van der Waals surface area contributed by atoms with E-state index in [0.29, 0.717) is 22.1 Å².